The summed E-state index contributed by atoms with van der Waals surface area (Å²) < 4.78 is 0. The minimum absolute atomic E-state index is 0.528. The molecule has 2 aromatic carbocycles. The van der Waals surface area contributed by atoms with Crippen molar-refractivity contribution in [2.75, 3.05) is 16.9 Å². The Morgan fingerprint density at radius 1 is 0.963 bits per heavy atom. The average Bonchev–Trinajstić information content (AvgIpc) is 3.09. The van der Waals surface area contributed by atoms with Crippen LogP contribution in [0.4, 0.5) is 22.3 Å². The maximum Gasteiger partial charge on any atom is 0.190 e. The van der Waals surface area contributed by atoms with Crippen molar-refractivity contribution in [1.29, 1.82) is 0 Å². The topological polar surface area (TPSA) is 62.7 Å². The minimum atomic E-state index is 0.528. The second-order valence-electron chi connectivity index (χ2n) is 5.47. The predicted molar refractivity (Wildman–Crippen MR) is 116 cm³/mol. The van der Waals surface area contributed by atoms with E-state index in [-0.39, 0.29) is 0 Å². The van der Waals surface area contributed by atoms with Crippen LogP contribution in [0, 0.1) is 0 Å². The Morgan fingerprint density at radius 3 is 2.41 bits per heavy atom. The molecule has 0 saturated carbocycles. The smallest absolute Gasteiger partial charge is 0.190 e. The van der Waals surface area contributed by atoms with Crippen molar-refractivity contribution in [2.24, 2.45) is 0 Å². The van der Waals surface area contributed by atoms with E-state index in [1.807, 2.05) is 18.4 Å². The summed E-state index contributed by atoms with van der Waals surface area (Å²) in [5.41, 5.74) is 2.24. The van der Waals surface area contributed by atoms with Gasteiger partial charge in [-0.1, -0.05) is 40.6 Å². The highest BCUT2D eigenvalue weighted by Crippen LogP contribution is 2.36. The van der Waals surface area contributed by atoms with Gasteiger partial charge in [0.25, 0.3) is 0 Å². The fourth-order valence-corrected chi connectivity index (χ4v) is 4.15. The highest BCUT2D eigenvalue weighted by Gasteiger charge is 2.13. The number of thioether (sulfide) groups is 1. The van der Waals surface area contributed by atoms with Gasteiger partial charge >= 0.3 is 0 Å². The third-order valence-corrected chi connectivity index (χ3v) is 6.00. The summed E-state index contributed by atoms with van der Waals surface area (Å²) in [4.78, 5) is 15.2. The number of thiazole rings is 1. The van der Waals surface area contributed by atoms with E-state index in [9.17, 15) is 0 Å². The fraction of sp³-hybridized carbons (Fsp3) is 0.0556. The number of halogens is 2. The second-order valence-corrected chi connectivity index (χ2v) is 8.14. The molecule has 0 bridgehead atoms. The number of hydrogen-bond donors (Lipinski definition) is 2. The Bertz CT molecular complexity index is 1080. The number of nitrogens with zero attached hydrogens (tertiary/aromatic N) is 3. The van der Waals surface area contributed by atoms with Gasteiger partial charge in [0.15, 0.2) is 15.8 Å². The van der Waals surface area contributed by atoms with Crippen molar-refractivity contribution >= 4 is 79.0 Å². The summed E-state index contributed by atoms with van der Waals surface area (Å²) in [6, 6.07) is 13.5. The lowest BCUT2D eigenvalue weighted by Crippen LogP contribution is -1.96. The van der Waals surface area contributed by atoms with Crippen LogP contribution in [-0.2, 0) is 0 Å². The molecule has 27 heavy (non-hydrogen) atoms. The molecule has 0 spiro atoms. The van der Waals surface area contributed by atoms with Gasteiger partial charge in [0.05, 0.1) is 15.7 Å². The van der Waals surface area contributed by atoms with Crippen LogP contribution in [0.15, 0.2) is 53.7 Å². The van der Waals surface area contributed by atoms with E-state index in [1.54, 1.807) is 30.0 Å². The average molecular weight is 434 g/mol. The Morgan fingerprint density at radius 2 is 1.70 bits per heavy atom. The standard InChI is InChI=1S/C18H13Cl2N5S2/c1-26-11-7-5-10(6-8-11)23-16-15-17(22-9-21-16)27-18(25-15)24-14-12(19)3-2-4-13(14)20/h2-9H,1H3,(H,24,25)(H,21,22,23). The quantitative estimate of drug-likeness (QED) is 0.345. The van der Waals surface area contributed by atoms with Gasteiger partial charge in [-0.05, 0) is 42.7 Å². The first-order valence-corrected chi connectivity index (χ1v) is 10.7. The van der Waals surface area contributed by atoms with Crippen LogP contribution in [0.2, 0.25) is 10.0 Å². The SMILES string of the molecule is CSc1ccc(Nc2ncnc3sc(Nc4c(Cl)cccc4Cl)nc23)cc1. The first kappa shape index (κ1) is 18.3. The lowest BCUT2D eigenvalue weighted by Gasteiger charge is -2.07. The number of fused-ring (bicyclic) bond motifs is 1. The van der Waals surface area contributed by atoms with Crippen LogP contribution in [0.5, 0.6) is 0 Å². The summed E-state index contributed by atoms with van der Waals surface area (Å²) in [6.07, 6.45) is 3.57. The third-order valence-electron chi connectivity index (χ3n) is 3.74. The zero-order chi connectivity index (χ0) is 18.8. The second kappa shape index (κ2) is 7.90. The molecule has 5 nitrogen and oxygen atoms in total. The number of para-hydroxylation sites is 1. The van der Waals surface area contributed by atoms with Crippen molar-refractivity contribution < 1.29 is 0 Å². The van der Waals surface area contributed by atoms with Gasteiger partial charge in [-0.15, -0.1) is 11.8 Å². The number of anilines is 4. The maximum absolute atomic E-state index is 6.23. The molecular formula is C18H13Cl2N5S2. The van der Waals surface area contributed by atoms with Gasteiger partial charge in [-0.2, -0.15) is 0 Å². The summed E-state index contributed by atoms with van der Waals surface area (Å²) in [6.45, 7) is 0. The molecule has 4 rings (SSSR count). The lowest BCUT2D eigenvalue weighted by atomic mass is 10.3. The number of rotatable bonds is 5. The van der Waals surface area contributed by atoms with Crippen molar-refractivity contribution in [3.8, 4) is 0 Å². The van der Waals surface area contributed by atoms with Crippen LogP contribution in [0.25, 0.3) is 10.3 Å². The number of benzene rings is 2. The number of aromatic nitrogens is 3. The number of nitrogens with one attached hydrogen (secondary N) is 2. The molecule has 0 amide bonds. The van der Waals surface area contributed by atoms with Crippen LogP contribution in [0.1, 0.15) is 0 Å². The molecule has 0 fully saturated rings. The van der Waals surface area contributed by atoms with Crippen molar-refractivity contribution in [3.05, 3.63) is 58.8 Å². The Kier molecular flexibility index (Phi) is 5.36. The Labute approximate surface area is 174 Å². The number of hydrogen-bond acceptors (Lipinski definition) is 7. The van der Waals surface area contributed by atoms with Gasteiger partial charge in [0.1, 0.15) is 11.8 Å². The normalized spacial score (nSPS) is 10.9. The molecule has 136 valence electrons. The highest BCUT2D eigenvalue weighted by atomic mass is 35.5. The monoisotopic (exact) mass is 433 g/mol. The summed E-state index contributed by atoms with van der Waals surface area (Å²) >= 11 is 15.6. The van der Waals surface area contributed by atoms with Crippen molar-refractivity contribution in [2.45, 2.75) is 4.90 Å². The van der Waals surface area contributed by atoms with Crippen LogP contribution in [0.3, 0.4) is 0 Å². The van der Waals surface area contributed by atoms with E-state index >= 15 is 0 Å². The van der Waals surface area contributed by atoms with E-state index in [4.69, 9.17) is 23.2 Å². The van der Waals surface area contributed by atoms with Gasteiger partial charge < -0.3 is 10.6 Å². The van der Waals surface area contributed by atoms with Crippen LogP contribution in [-0.4, -0.2) is 21.2 Å². The lowest BCUT2D eigenvalue weighted by molar-refractivity contribution is 1.21. The molecule has 0 aliphatic rings. The van der Waals surface area contributed by atoms with Crippen molar-refractivity contribution in [3.63, 3.8) is 0 Å². The molecule has 2 N–H and O–H groups in total. The fourth-order valence-electron chi connectivity index (χ4n) is 2.43. The van der Waals surface area contributed by atoms with E-state index < -0.39 is 0 Å². The van der Waals surface area contributed by atoms with Gasteiger partial charge in [-0.25, -0.2) is 15.0 Å². The molecule has 4 aromatic rings. The predicted octanol–water partition coefficient (Wildman–Crippen LogP) is 6.60. The third kappa shape index (κ3) is 3.96. The molecule has 9 heteroatoms. The highest BCUT2D eigenvalue weighted by molar-refractivity contribution is 7.98. The van der Waals surface area contributed by atoms with E-state index in [0.29, 0.717) is 32.2 Å². The molecule has 0 saturated heterocycles. The van der Waals surface area contributed by atoms with Gasteiger partial charge in [0.2, 0.25) is 0 Å². The molecule has 2 aromatic heterocycles. The molecule has 0 atom stereocenters. The molecule has 0 aliphatic carbocycles. The Balaban J connectivity index is 1.65. The van der Waals surface area contributed by atoms with Crippen molar-refractivity contribution in [1.82, 2.24) is 15.0 Å². The van der Waals surface area contributed by atoms with E-state index in [0.717, 1.165) is 10.5 Å². The first-order valence-electron chi connectivity index (χ1n) is 7.87. The summed E-state index contributed by atoms with van der Waals surface area (Å²) in [5, 5.41) is 8.18. The Hall–Kier alpha value is -2.06. The molecule has 0 radical (unpaired) electrons. The summed E-state index contributed by atoms with van der Waals surface area (Å²) in [7, 11) is 0. The molecule has 2 heterocycles. The first-order chi connectivity index (χ1) is 13.1. The van der Waals surface area contributed by atoms with E-state index in [2.05, 4.69) is 37.7 Å². The zero-order valence-electron chi connectivity index (χ0n) is 14.0. The summed E-state index contributed by atoms with van der Waals surface area (Å²) in [5.74, 6) is 0.645. The largest absolute Gasteiger partial charge is 0.338 e. The maximum atomic E-state index is 6.23. The van der Waals surface area contributed by atoms with E-state index in [1.165, 1.54) is 22.6 Å². The molecular weight excluding hydrogens is 421 g/mol. The molecule has 0 aliphatic heterocycles. The van der Waals surface area contributed by atoms with Crippen LogP contribution >= 0.6 is 46.3 Å². The molecule has 0 unspecified atom stereocenters. The van der Waals surface area contributed by atoms with Gasteiger partial charge in [0, 0.05) is 10.6 Å². The minimum Gasteiger partial charge on any atom is -0.338 e. The zero-order valence-corrected chi connectivity index (χ0v) is 17.2. The van der Waals surface area contributed by atoms with Crippen LogP contribution < -0.4 is 10.6 Å². The van der Waals surface area contributed by atoms with Gasteiger partial charge in [-0.3, -0.25) is 0 Å².